The van der Waals surface area contributed by atoms with Crippen LogP contribution in [0.2, 0.25) is 0 Å². The number of nitrogens with zero attached hydrogens (tertiary/aromatic N) is 1. The third kappa shape index (κ3) is 3.22. The topological polar surface area (TPSA) is 38.5 Å². The predicted octanol–water partition coefficient (Wildman–Crippen LogP) is 2.95. The third-order valence-electron chi connectivity index (χ3n) is 4.76. The summed E-state index contributed by atoms with van der Waals surface area (Å²) in [6.45, 7) is 7.16. The summed E-state index contributed by atoms with van der Waals surface area (Å²) in [6.07, 6.45) is 2.60. The van der Waals surface area contributed by atoms with Crippen molar-refractivity contribution in [3.8, 4) is 0 Å². The van der Waals surface area contributed by atoms with E-state index in [0.29, 0.717) is 25.2 Å². The maximum Gasteiger partial charge on any atom is 0.0716 e. The van der Waals surface area contributed by atoms with E-state index in [-0.39, 0.29) is 0 Å². The Morgan fingerprint density at radius 1 is 1.35 bits per heavy atom. The zero-order chi connectivity index (χ0) is 14.5. The number of hydrogen-bond acceptors (Lipinski definition) is 3. The monoisotopic (exact) mass is 276 g/mol. The number of nitrogens with two attached hydrogens (primary N) is 1. The van der Waals surface area contributed by atoms with Crippen LogP contribution in [0.3, 0.4) is 0 Å². The number of hydrogen-bond donors (Lipinski definition) is 1. The highest BCUT2D eigenvalue weighted by Crippen LogP contribution is 2.32. The summed E-state index contributed by atoms with van der Waals surface area (Å²) >= 11 is 0. The van der Waals surface area contributed by atoms with Gasteiger partial charge in [0.15, 0.2) is 0 Å². The van der Waals surface area contributed by atoms with Crippen molar-refractivity contribution in [2.24, 2.45) is 11.7 Å². The van der Waals surface area contributed by atoms with Gasteiger partial charge in [0.05, 0.1) is 6.61 Å². The highest BCUT2D eigenvalue weighted by atomic mass is 16.5. The second-order valence-corrected chi connectivity index (χ2v) is 5.98. The first kappa shape index (κ1) is 15.5. The van der Waals surface area contributed by atoms with Gasteiger partial charge < -0.3 is 10.5 Å². The lowest BCUT2D eigenvalue weighted by Gasteiger charge is -2.43. The normalized spacial score (nSPS) is 25.6. The number of ether oxygens (including phenoxy) is 1. The SMILES string of the molecule is COCc1ccccc1C(CN)N1CCCC(C)C1C. The standard InChI is InChI=1S/C17H28N2O/c1-13-7-6-10-19(14(13)2)17(11-18)16-9-5-4-8-15(16)12-20-3/h4-5,8-9,13-14,17H,6-7,10-12,18H2,1-3H3. The lowest BCUT2D eigenvalue weighted by molar-refractivity contribution is 0.0695. The van der Waals surface area contributed by atoms with E-state index < -0.39 is 0 Å². The van der Waals surface area contributed by atoms with Gasteiger partial charge in [-0.2, -0.15) is 0 Å². The molecule has 0 bridgehead atoms. The lowest BCUT2D eigenvalue weighted by Crippen LogP contribution is -2.46. The minimum Gasteiger partial charge on any atom is -0.380 e. The molecule has 3 heteroatoms. The van der Waals surface area contributed by atoms with Crippen molar-refractivity contribution in [1.29, 1.82) is 0 Å². The molecule has 0 spiro atoms. The summed E-state index contributed by atoms with van der Waals surface area (Å²) in [5.74, 6) is 0.743. The largest absolute Gasteiger partial charge is 0.380 e. The number of piperidine rings is 1. The summed E-state index contributed by atoms with van der Waals surface area (Å²) in [5, 5.41) is 0. The molecular formula is C17H28N2O. The molecule has 1 fully saturated rings. The molecule has 0 saturated carbocycles. The first-order valence-corrected chi connectivity index (χ1v) is 7.71. The van der Waals surface area contributed by atoms with E-state index in [9.17, 15) is 0 Å². The fraction of sp³-hybridized carbons (Fsp3) is 0.647. The van der Waals surface area contributed by atoms with Crippen LogP contribution < -0.4 is 5.73 Å². The van der Waals surface area contributed by atoms with Gasteiger partial charge in [0.1, 0.15) is 0 Å². The molecular weight excluding hydrogens is 248 g/mol. The Hall–Kier alpha value is -0.900. The highest BCUT2D eigenvalue weighted by Gasteiger charge is 2.31. The van der Waals surface area contributed by atoms with Gasteiger partial charge in [-0.25, -0.2) is 0 Å². The van der Waals surface area contributed by atoms with Gasteiger partial charge in [-0.3, -0.25) is 4.90 Å². The minimum absolute atomic E-state index is 0.305. The molecule has 112 valence electrons. The molecule has 3 atom stereocenters. The van der Waals surface area contributed by atoms with Gasteiger partial charge in [-0.15, -0.1) is 0 Å². The van der Waals surface area contributed by atoms with Crippen LogP contribution in [0.5, 0.6) is 0 Å². The average Bonchev–Trinajstić information content (AvgIpc) is 2.46. The van der Waals surface area contributed by atoms with Crippen molar-refractivity contribution in [2.75, 3.05) is 20.2 Å². The summed E-state index contributed by atoms with van der Waals surface area (Å²) in [5.41, 5.74) is 8.72. The Bertz CT molecular complexity index is 421. The van der Waals surface area contributed by atoms with Crippen LogP contribution in [0, 0.1) is 5.92 Å². The molecule has 1 aliphatic heterocycles. The van der Waals surface area contributed by atoms with Crippen molar-refractivity contribution in [3.05, 3.63) is 35.4 Å². The molecule has 1 aromatic rings. The number of benzene rings is 1. The Morgan fingerprint density at radius 3 is 2.80 bits per heavy atom. The van der Waals surface area contributed by atoms with E-state index in [0.717, 1.165) is 12.5 Å². The molecule has 0 aliphatic carbocycles. The molecule has 0 amide bonds. The maximum absolute atomic E-state index is 6.13. The summed E-state index contributed by atoms with van der Waals surface area (Å²) < 4.78 is 5.34. The zero-order valence-electron chi connectivity index (χ0n) is 13.0. The molecule has 1 saturated heterocycles. The van der Waals surface area contributed by atoms with Crippen LogP contribution in [0.1, 0.15) is 43.9 Å². The van der Waals surface area contributed by atoms with Crippen LogP contribution in [0.25, 0.3) is 0 Å². The third-order valence-corrected chi connectivity index (χ3v) is 4.76. The Kier molecular flexibility index (Phi) is 5.58. The molecule has 1 aliphatic rings. The van der Waals surface area contributed by atoms with Crippen molar-refractivity contribution in [3.63, 3.8) is 0 Å². The molecule has 3 unspecified atom stereocenters. The predicted molar refractivity (Wildman–Crippen MR) is 83.5 cm³/mol. The van der Waals surface area contributed by atoms with Gasteiger partial charge in [0, 0.05) is 25.7 Å². The van der Waals surface area contributed by atoms with Gasteiger partial charge in [-0.05, 0) is 43.4 Å². The first-order valence-electron chi connectivity index (χ1n) is 7.71. The molecule has 2 rings (SSSR count). The van der Waals surface area contributed by atoms with Crippen molar-refractivity contribution >= 4 is 0 Å². The molecule has 3 nitrogen and oxygen atoms in total. The molecule has 1 heterocycles. The van der Waals surface area contributed by atoms with E-state index >= 15 is 0 Å². The van der Waals surface area contributed by atoms with Crippen molar-refractivity contribution in [1.82, 2.24) is 4.90 Å². The van der Waals surface area contributed by atoms with Crippen LogP contribution >= 0.6 is 0 Å². The Labute approximate surface area is 123 Å². The lowest BCUT2D eigenvalue weighted by atomic mass is 9.88. The van der Waals surface area contributed by atoms with Crippen molar-refractivity contribution in [2.45, 2.75) is 45.4 Å². The van der Waals surface area contributed by atoms with Crippen LogP contribution in [0.4, 0.5) is 0 Å². The number of rotatable bonds is 5. The quantitative estimate of drug-likeness (QED) is 0.898. The Balaban J connectivity index is 2.27. The maximum atomic E-state index is 6.13. The van der Waals surface area contributed by atoms with E-state index in [2.05, 4.69) is 43.0 Å². The van der Waals surface area contributed by atoms with Gasteiger partial charge in [0.2, 0.25) is 0 Å². The summed E-state index contributed by atoms with van der Waals surface area (Å²) in [7, 11) is 1.75. The van der Waals surface area contributed by atoms with Gasteiger partial charge in [0.25, 0.3) is 0 Å². The zero-order valence-corrected chi connectivity index (χ0v) is 13.0. The van der Waals surface area contributed by atoms with E-state index in [4.69, 9.17) is 10.5 Å². The molecule has 2 N–H and O–H groups in total. The second kappa shape index (κ2) is 7.21. The van der Waals surface area contributed by atoms with E-state index in [1.54, 1.807) is 7.11 Å². The molecule has 0 aromatic heterocycles. The van der Waals surface area contributed by atoms with E-state index in [1.165, 1.54) is 24.0 Å². The summed E-state index contributed by atoms with van der Waals surface area (Å²) in [6, 6.07) is 9.44. The summed E-state index contributed by atoms with van der Waals surface area (Å²) in [4.78, 5) is 2.59. The van der Waals surface area contributed by atoms with Crippen LogP contribution in [-0.4, -0.2) is 31.1 Å². The van der Waals surface area contributed by atoms with Crippen LogP contribution in [-0.2, 0) is 11.3 Å². The smallest absolute Gasteiger partial charge is 0.0716 e. The van der Waals surface area contributed by atoms with Crippen LogP contribution in [0.15, 0.2) is 24.3 Å². The molecule has 0 radical (unpaired) electrons. The Morgan fingerprint density at radius 2 is 2.10 bits per heavy atom. The van der Waals surface area contributed by atoms with Crippen molar-refractivity contribution < 1.29 is 4.74 Å². The minimum atomic E-state index is 0.305. The highest BCUT2D eigenvalue weighted by molar-refractivity contribution is 5.30. The van der Waals surface area contributed by atoms with E-state index in [1.807, 2.05) is 0 Å². The number of methoxy groups -OCH3 is 1. The average molecular weight is 276 g/mol. The second-order valence-electron chi connectivity index (χ2n) is 5.98. The first-order chi connectivity index (χ1) is 9.69. The van der Waals surface area contributed by atoms with Gasteiger partial charge in [-0.1, -0.05) is 31.2 Å². The molecule has 1 aromatic carbocycles. The van der Waals surface area contributed by atoms with Gasteiger partial charge >= 0.3 is 0 Å². The number of likely N-dealkylation sites (tertiary alicyclic amines) is 1. The fourth-order valence-electron chi connectivity index (χ4n) is 3.39. The molecule has 20 heavy (non-hydrogen) atoms. The fourth-order valence-corrected chi connectivity index (χ4v) is 3.39.